The zero-order valence-corrected chi connectivity index (χ0v) is 9.37. The third-order valence-corrected chi connectivity index (χ3v) is 2.53. The Hall–Kier alpha value is -1.45. The predicted octanol–water partition coefficient (Wildman–Crippen LogP) is 2.47. The third-order valence-electron chi connectivity index (χ3n) is 2.53. The average Bonchev–Trinajstić information content (AvgIpc) is 2.57. The Balaban J connectivity index is 2.86. The lowest BCUT2D eigenvalue weighted by Gasteiger charge is -2.20. The van der Waals surface area contributed by atoms with Crippen molar-refractivity contribution in [2.45, 2.75) is 33.1 Å². The number of nitrogens with zero attached hydrogens (tertiary/aromatic N) is 3. The van der Waals surface area contributed by atoms with E-state index in [4.69, 9.17) is 0 Å². The van der Waals surface area contributed by atoms with Crippen molar-refractivity contribution >= 4 is 5.65 Å². The van der Waals surface area contributed by atoms with Crippen LogP contribution in [0.1, 0.15) is 32.0 Å². The van der Waals surface area contributed by atoms with Crippen LogP contribution < -0.4 is 0 Å². The fourth-order valence-corrected chi connectivity index (χ4v) is 1.62. The predicted molar refractivity (Wildman–Crippen MR) is 56.4 cm³/mol. The van der Waals surface area contributed by atoms with Crippen molar-refractivity contribution in [1.29, 1.82) is 0 Å². The van der Waals surface area contributed by atoms with E-state index in [1.165, 1.54) is 6.33 Å². The monoisotopic (exact) mass is 207 g/mol. The molecule has 80 valence electrons. The van der Waals surface area contributed by atoms with Crippen molar-refractivity contribution < 1.29 is 4.39 Å². The Bertz CT molecular complexity index is 508. The topological polar surface area (TPSA) is 30.2 Å². The Labute approximate surface area is 87.9 Å². The molecule has 0 spiro atoms. The standard InChI is InChI=1S/C11H14FN3/c1-7-9(12)5-8(11(2,3)4)10-13-6-14-15(7)10/h5-6H,1-4H3. The SMILES string of the molecule is Cc1c(F)cc(C(C)(C)C)c2ncnn12. The molecular weight excluding hydrogens is 193 g/mol. The molecule has 0 atom stereocenters. The molecule has 0 saturated heterocycles. The van der Waals surface area contributed by atoms with E-state index in [-0.39, 0.29) is 11.2 Å². The van der Waals surface area contributed by atoms with Crippen LogP contribution in [0, 0.1) is 12.7 Å². The maximum Gasteiger partial charge on any atom is 0.159 e. The highest BCUT2D eigenvalue weighted by Crippen LogP contribution is 2.27. The van der Waals surface area contributed by atoms with E-state index in [1.54, 1.807) is 17.5 Å². The second-order valence-corrected chi connectivity index (χ2v) is 4.74. The first kappa shape index (κ1) is 10.1. The second kappa shape index (κ2) is 3.02. The number of hydrogen-bond acceptors (Lipinski definition) is 2. The van der Waals surface area contributed by atoms with Crippen LogP contribution in [0.3, 0.4) is 0 Å². The first-order valence-corrected chi connectivity index (χ1v) is 4.90. The molecule has 4 heteroatoms. The van der Waals surface area contributed by atoms with Crippen LogP contribution in [0.15, 0.2) is 12.4 Å². The van der Waals surface area contributed by atoms with Crippen molar-refractivity contribution in [1.82, 2.24) is 14.6 Å². The third kappa shape index (κ3) is 1.50. The Morgan fingerprint density at radius 3 is 2.60 bits per heavy atom. The van der Waals surface area contributed by atoms with Crippen molar-refractivity contribution in [3.05, 3.63) is 29.5 Å². The molecule has 0 N–H and O–H groups in total. The molecule has 3 nitrogen and oxygen atoms in total. The summed E-state index contributed by atoms with van der Waals surface area (Å²) < 4.78 is 15.2. The summed E-state index contributed by atoms with van der Waals surface area (Å²) in [6, 6.07) is 1.55. The molecule has 0 bridgehead atoms. The zero-order chi connectivity index (χ0) is 11.2. The van der Waals surface area contributed by atoms with Gasteiger partial charge in [-0.05, 0) is 18.4 Å². The van der Waals surface area contributed by atoms with Gasteiger partial charge in [0.1, 0.15) is 12.1 Å². The van der Waals surface area contributed by atoms with Gasteiger partial charge in [0.15, 0.2) is 5.65 Å². The minimum absolute atomic E-state index is 0.136. The fraction of sp³-hybridized carbons (Fsp3) is 0.455. The fourth-order valence-electron chi connectivity index (χ4n) is 1.62. The summed E-state index contributed by atoms with van der Waals surface area (Å²) in [6.45, 7) is 7.80. The minimum atomic E-state index is -0.238. The molecule has 0 amide bonds. The Morgan fingerprint density at radius 2 is 2.00 bits per heavy atom. The first-order chi connectivity index (χ1) is 6.91. The van der Waals surface area contributed by atoms with Gasteiger partial charge in [-0.25, -0.2) is 13.9 Å². The number of hydrogen-bond donors (Lipinski definition) is 0. The molecule has 0 saturated carbocycles. The zero-order valence-electron chi connectivity index (χ0n) is 9.37. The summed E-state index contributed by atoms with van der Waals surface area (Å²) >= 11 is 0. The van der Waals surface area contributed by atoms with Gasteiger partial charge in [0.05, 0.1) is 5.69 Å². The van der Waals surface area contributed by atoms with E-state index < -0.39 is 0 Å². The van der Waals surface area contributed by atoms with Crippen LogP contribution in [-0.2, 0) is 5.41 Å². The van der Waals surface area contributed by atoms with Crippen molar-refractivity contribution in [3.8, 4) is 0 Å². The average molecular weight is 207 g/mol. The highest BCUT2D eigenvalue weighted by molar-refractivity contribution is 5.51. The number of rotatable bonds is 0. The smallest absolute Gasteiger partial charge is 0.159 e. The number of aromatic nitrogens is 3. The molecule has 15 heavy (non-hydrogen) atoms. The molecule has 0 radical (unpaired) electrons. The van der Waals surface area contributed by atoms with E-state index in [2.05, 4.69) is 10.1 Å². The summed E-state index contributed by atoms with van der Waals surface area (Å²) in [7, 11) is 0. The molecule has 0 aliphatic carbocycles. The normalized spacial score (nSPS) is 12.3. The lowest BCUT2D eigenvalue weighted by atomic mass is 9.87. The molecule has 0 fully saturated rings. The first-order valence-electron chi connectivity index (χ1n) is 4.90. The van der Waals surface area contributed by atoms with Crippen LogP contribution in [0.2, 0.25) is 0 Å². The van der Waals surface area contributed by atoms with Crippen LogP contribution in [0.4, 0.5) is 4.39 Å². The van der Waals surface area contributed by atoms with E-state index in [1.807, 2.05) is 20.8 Å². The van der Waals surface area contributed by atoms with E-state index in [0.29, 0.717) is 5.69 Å². The van der Waals surface area contributed by atoms with Gasteiger partial charge in [-0.2, -0.15) is 5.10 Å². The van der Waals surface area contributed by atoms with E-state index >= 15 is 0 Å². The lowest BCUT2D eigenvalue weighted by molar-refractivity contribution is 0.559. The molecule has 0 aliphatic rings. The largest absolute Gasteiger partial charge is 0.215 e. The minimum Gasteiger partial charge on any atom is -0.215 e. The van der Waals surface area contributed by atoms with Crippen molar-refractivity contribution in [3.63, 3.8) is 0 Å². The Morgan fingerprint density at radius 1 is 1.33 bits per heavy atom. The summed E-state index contributed by atoms with van der Waals surface area (Å²) in [5.41, 5.74) is 1.98. The van der Waals surface area contributed by atoms with Gasteiger partial charge in [0, 0.05) is 5.56 Å². The molecule has 2 heterocycles. The van der Waals surface area contributed by atoms with Crippen LogP contribution >= 0.6 is 0 Å². The number of halogens is 1. The van der Waals surface area contributed by atoms with Crippen LogP contribution in [0.25, 0.3) is 5.65 Å². The Kier molecular flexibility index (Phi) is 2.03. The lowest BCUT2D eigenvalue weighted by Crippen LogP contribution is -2.15. The second-order valence-electron chi connectivity index (χ2n) is 4.74. The van der Waals surface area contributed by atoms with Gasteiger partial charge in [0.25, 0.3) is 0 Å². The molecule has 0 aromatic carbocycles. The summed E-state index contributed by atoms with van der Waals surface area (Å²) in [4.78, 5) is 4.17. The number of pyridine rings is 1. The number of fused-ring (bicyclic) bond motifs is 1. The van der Waals surface area contributed by atoms with E-state index in [9.17, 15) is 4.39 Å². The van der Waals surface area contributed by atoms with Gasteiger partial charge in [-0.3, -0.25) is 0 Å². The summed E-state index contributed by atoms with van der Waals surface area (Å²) in [6.07, 6.45) is 1.46. The summed E-state index contributed by atoms with van der Waals surface area (Å²) in [5.74, 6) is -0.238. The molecule has 2 rings (SSSR count). The maximum absolute atomic E-state index is 13.6. The van der Waals surface area contributed by atoms with E-state index in [0.717, 1.165) is 11.2 Å². The van der Waals surface area contributed by atoms with Crippen molar-refractivity contribution in [2.75, 3.05) is 0 Å². The van der Waals surface area contributed by atoms with Gasteiger partial charge >= 0.3 is 0 Å². The van der Waals surface area contributed by atoms with Gasteiger partial charge in [-0.1, -0.05) is 20.8 Å². The number of aryl methyl sites for hydroxylation is 1. The van der Waals surface area contributed by atoms with Crippen LogP contribution in [0.5, 0.6) is 0 Å². The highest BCUT2D eigenvalue weighted by atomic mass is 19.1. The molecular formula is C11H14FN3. The molecule has 2 aromatic rings. The molecule has 0 aliphatic heterocycles. The molecule has 0 unspecified atom stereocenters. The quantitative estimate of drug-likeness (QED) is 0.664. The van der Waals surface area contributed by atoms with Crippen LogP contribution in [-0.4, -0.2) is 14.6 Å². The molecule has 2 aromatic heterocycles. The summed E-state index contributed by atoms with van der Waals surface area (Å²) in [5, 5.41) is 4.02. The van der Waals surface area contributed by atoms with Gasteiger partial charge < -0.3 is 0 Å². The van der Waals surface area contributed by atoms with Gasteiger partial charge in [-0.15, -0.1) is 0 Å². The van der Waals surface area contributed by atoms with Crippen molar-refractivity contribution in [2.24, 2.45) is 0 Å². The van der Waals surface area contributed by atoms with Gasteiger partial charge in [0.2, 0.25) is 0 Å². The maximum atomic E-state index is 13.6. The highest BCUT2D eigenvalue weighted by Gasteiger charge is 2.21.